The Kier molecular flexibility index (Phi) is 5.23. The summed E-state index contributed by atoms with van der Waals surface area (Å²) in [5.41, 5.74) is 0.779. The van der Waals surface area contributed by atoms with Crippen molar-refractivity contribution in [3.8, 4) is 0 Å². The van der Waals surface area contributed by atoms with Gasteiger partial charge in [-0.05, 0) is 63.5 Å². The van der Waals surface area contributed by atoms with Crippen LogP contribution in [-0.2, 0) is 4.79 Å². The molecular formula is C15H21ClN2O. The Labute approximate surface area is 119 Å². The van der Waals surface area contributed by atoms with Gasteiger partial charge in [-0.15, -0.1) is 0 Å². The largest absolute Gasteiger partial charge is 0.326 e. The second kappa shape index (κ2) is 6.92. The summed E-state index contributed by atoms with van der Waals surface area (Å²) in [6.45, 7) is 2.31. The summed E-state index contributed by atoms with van der Waals surface area (Å²) in [6.07, 6.45) is 4.00. The lowest BCUT2D eigenvalue weighted by atomic mass is 9.92. The minimum absolute atomic E-state index is 0.0844. The molecule has 0 atom stereocenters. The number of nitrogens with zero attached hydrogens (tertiary/aromatic N) is 1. The molecule has 0 aromatic heterocycles. The van der Waals surface area contributed by atoms with Crippen molar-refractivity contribution in [2.45, 2.75) is 25.7 Å². The number of hydrogen-bond acceptors (Lipinski definition) is 2. The fourth-order valence-electron chi connectivity index (χ4n) is 2.48. The molecule has 0 saturated carbocycles. The summed E-state index contributed by atoms with van der Waals surface area (Å²) in [6, 6.07) is 7.28. The summed E-state index contributed by atoms with van der Waals surface area (Å²) < 4.78 is 0. The molecule has 2 rings (SSSR count). The summed E-state index contributed by atoms with van der Waals surface area (Å²) in [4.78, 5) is 14.2. The topological polar surface area (TPSA) is 32.3 Å². The number of carbonyl (C=O) groups is 1. The fraction of sp³-hybridized carbons (Fsp3) is 0.533. The van der Waals surface area contributed by atoms with Crippen molar-refractivity contribution in [1.82, 2.24) is 4.90 Å². The fourth-order valence-corrected chi connectivity index (χ4v) is 2.67. The molecule has 0 unspecified atom stereocenters. The summed E-state index contributed by atoms with van der Waals surface area (Å²) in [5.74, 6) is 0.780. The van der Waals surface area contributed by atoms with E-state index in [2.05, 4.69) is 17.3 Å². The second-order valence-corrected chi connectivity index (χ2v) is 5.78. The first kappa shape index (κ1) is 14.4. The predicted molar refractivity (Wildman–Crippen MR) is 79.5 cm³/mol. The highest BCUT2D eigenvalue weighted by Gasteiger charge is 2.17. The highest BCUT2D eigenvalue weighted by atomic mass is 35.5. The van der Waals surface area contributed by atoms with E-state index in [1.807, 2.05) is 12.1 Å². The van der Waals surface area contributed by atoms with E-state index in [-0.39, 0.29) is 5.91 Å². The van der Waals surface area contributed by atoms with Gasteiger partial charge in [-0.1, -0.05) is 17.7 Å². The maximum atomic E-state index is 11.9. The lowest BCUT2D eigenvalue weighted by molar-refractivity contribution is -0.116. The first-order valence-electron chi connectivity index (χ1n) is 6.87. The number of piperidine rings is 1. The quantitative estimate of drug-likeness (QED) is 0.917. The highest BCUT2D eigenvalue weighted by molar-refractivity contribution is 6.30. The SMILES string of the molecule is CN1CCC(CCC(=O)Nc2cccc(Cl)c2)CC1. The summed E-state index contributed by atoms with van der Waals surface area (Å²) in [7, 11) is 2.15. The van der Waals surface area contributed by atoms with Crippen molar-refractivity contribution in [2.24, 2.45) is 5.92 Å². The average Bonchev–Trinajstić information content (AvgIpc) is 2.38. The Hall–Kier alpha value is -1.06. The van der Waals surface area contributed by atoms with Crippen LogP contribution in [0.3, 0.4) is 0 Å². The number of carbonyl (C=O) groups excluding carboxylic acids is 1. The lowest BCUT2D eigenvalue weighted by Gasteiger charge is -2.28. The third kappa shape index (κ3) is 4.84. The molecule has 0 radical (unpaired) electrons. The standard InChI is InChI=1S/C15H21ClN2O/c1-18-9-7-12(8-10-18)5-6-15(19)17-14-4-2-3-13(16)11-14/h2-4,11-12H,5-10H2,1H3,(H,17,19). The molecule has 1 aromatic rings. The van der Waals surface area contributed by atoms with Crippen LogP contribution < -0.4 is 5.32 Å². The van der Waals surface area contributed by atoms with Crippen molar-refractivity contribution >= 4 is 23.2 Å². The van der Waals surface area contributed by atoms with Crippen molar-refractivity contribution in [2.75, 3.05) is 25.5 Å². The van der Waals surface area contributed by atoms with Crippen molar-refractivity contribution in [3.63, 3.8) is 0 Å². The van der Waals surface area contributed by atoms with E-state index in [1.54, 1.807) is 12.1 Å². The highest BCUT2D eigenvalue weighted by Crippen LogP contribution is 2.21. The maximum Gasteiger partial charge on any atom is 0.224 e. The van der Waals surface area contributed by atoms with E-state index in [4.69, 9.17) is 11.6 Å². The Morgan fingerprint density at radius 2 is 2.16 bits per heavy atom. The molecule has 0 bridgehead atoms. The minimum atomic E-state index is 0.0844. The van der Waals surface area contributed by atoms with Gasteiger partial charge in [0.1, 0.15) is 0 Å². The van der Waals surface area contributed by atoms with Gasteiger partial charge < -0.3 is 10.2 Å². The van der Waals surface area contributed by atoms with Gasteiger partial charge in [0.15, 0.2) is 0 Å². The summed E-state index contributed by atoms with van der Waals surface area (Å²) in [5, 5.41) is 3.54. The van der Waals surface area contributed by atoms with E-state index < -0.39 is 0 Å². The molecule has 4 heteroatoms. The van der Waals surface area contributed by atoms with Crippen LogP contribution in [0.5, 0.6) is 0 Å². The second-order valence-electron chi connectivity index (χ2n) is 5.34. The molecule has 3 nitrogen and oxygen atoms in total. The molecule has 1 saturated heterocycles. The molecule has 0 aliphatic carbocycles. The third-order valence-corrected chi connectivity index (χ3v) is 3.96. The first-order valence-corrected chi connectivity index (χ1v) is 7.25. The van der Waals surface area contributed by atoms with Crippen LogP contribution >= 0.6 is 11.6 Å². The average molecular weight is 281 g/mol. The van der Waals surface area contributed by atoms with Crippen LogP contribution in [0.1, 0.15) is 25.7 Å². The number of hydrogen-bond donors (Lipinski definition) is 1. The van der Waals surface area contributed by atoms with E-state index in [1.165, 1.54) is 12.8 Å². The van der Waals surface area contributed by atoms with E-state index >= 15 is 0 Å². The molecule has 1 aromatic carbocycles. The van der Waals surface area contributed by atoms with Crippen LogP contribution in [0, 0.1) is 5.92 Å². The van der Waals surface area contributed by atoms with Crippen molar-refractivity contribution < 1.29 is 4.79 Å². The van der Waals surface area contributed by atoms with Crippen LogP contribution in [0.2, 0.25) is 5.02 Å². The normalized spacial score (nSPS) is 17.4. The monoisotopic (exact) mass is 280 g/mol. The molecule has 1 N–H and O–H groups in total. The van der Waals surface area contributed by atoms with Gasteiger partial charge in [0.05, 0.1) is 0 Å². The number of halogens is 1. The zero-order valence-corrected chi connectivity index (χ0v) is 12.1. The molecule has 1 heterocycles. The van der Waals surface area contributed by atoms with Crippen LogP contribution in [0.25, 0.3) is 0 Å². The number of benzene rings is 1. The maximum absolute atomic E-state index is 11.9. The van der Waals surface area contributed by atoms with E-state index in [0.29, 0.717) is 17.4 Å². The number of nitrogens with one attached hydrogen (secondary N) is 1. The first-order chi connectivity index (χ1) is 9.13. The number of likely N-dealkylation sites (tertiary alicyclic amines) is 1. The van der Waals surface area contributed by atoms with Gasteiger partial charge in [-0.25, -0.2) is 0 Å². The van der Waals surface area contributed by atoms with Crippen molar-refractivity contribution in [3.05, 3.63) is 29.3 Å². The molecule has 1 fully saturated rings. The van der Waals surface area contributed by atoms with Crippen molar-refractivity contribution in [1.29, 1.82) is 0 Å². The zero-order valence-electron chi connectivity index (χ0n) is 11.4. The molecule has 104 valence electrons. The molecule has 1 aliphatic rings. The van der Waals surface area contributed by atoms with E-state index in [0.717, 1.165) is 25.2 Å². The van der Waals surface area contributed by atoms with Crippen LogP contribution in [0.15, 0.2) is 24.3 Å². The van der Waals surface area contributed by atoms with Gasteiger partial charge in [0.2, 0.25) is 5.91 Å². The van der Waals surface area contributed by atoms with Gasteiger partial charge in [0, 0.05) is 17.1 Å². The molecule has 19 heavy (non-hydrogen) atoms. The zero-order chi connectivity index (χ0) is 13.7. The van der Waals surface area contributed by atoms with Crippen LogP contribution in [-0.4, -0.2) is 30.9 Å². The van der Waals surface area contributed by atoms with Gasteiger partial charge in [-0.2, -0.15) is 0 Å². The molecule has 0 spiro atoms. The van der Waals surface area contributed by atoms with Gasteiger partial charge in [0.25, 0.3) is 0 Å². The van der Waals surface area contributed by atoms with Crippen LogP contribution in [0.4, 0.5) is 5.69 Å². The number of amides is 1. The Balaban J connectivity index is 1.73. The lowest BCUT2D eigenvalue weighted by Crippen LogP contribution is -2.30. The number of rotatable bonds is 4. The smallest absolute Gasteiger partial charge is 0.224 e. The molecule has 1 amide bonds. The minimum Gasteiger partial charge on any atom is -0.326 e. The molecule has 1 aliphatic heterocycles. The van der Waals surface area contributed by atoms with E-state index in [9.17, 15) is 4.79 Å². The Morgan fingerprint density at radius 1 is 1.42 bits per heavy atom. The number of anilines is 1. The Bertz CT molecular complexity index is 428. The predicted octanol–water partition coefficient (Wildman–Crippen LogP) is 3.40. The molecular weight excluding hydrogens is 260 g/mol. The van der Waals surface area contributed by atoms with Gasteiger partial charge >= 0.3 is 0 Å². The summed E-state index contributed by atoms with van der Waals surface area (Å²) >= 11 is 5.88. The third-order valence-electron chi connectivity index (χ3n) is 3.73. The van der Waals surface area contributed by atoms with Gasteiger partial charge in [-0.3, -0.25) is 4.79 Å². The Morgan fingerprint density at radius 3 is 2.84 bits per heavy atom.